The molecule has 6 heteroatoms. The second kappa shape index (κ2) is 6.96. The zero-order valence-electron chi connectivity index (χ0n) is 15.1. The van der Waals surface area contributed by atoms with Crippen molar-refractivity contribution < 1.29 is 4.74 Å². The van der Waals surface area contributed by atoms with E-state index in [1.54, 1.807) is 6.20 Å². The third-order valence-corrected chi connectivity index (χ3v) is 5.06. The average molecular weight is 359 g/mol. The molecule has 0 unspecified atom stereocenters. The predicted octanol–water partition coefficient (Wildman–Crippen LogP) is 2.58. The van der Waals surface area contributed by atoms with Crippen LogP contribution >= 0.6 is 0 Å². The Kier molecular flexibility index (Phi) is 4.18. The first kappa shape index (κ1) is 16.2. The van der Waals surface area contributed by atoms with Gasteiger partial charge in [0.15, 0.2) is 5.82 Å². The molecular weight excluding hydrogens is 338 g/mol. The maximum Gasteiger partial charge on any atom is 0.180 e. The largest absolute Gasteiger partial charge is 0.491 e. The van der Waals surface area contributed by atoms with Crippen LogP contribution in [0.2, 0.25) is 0 Å². The van der Waals surface area contributed by atoms with Crippen LogP contribution in [-0.2, 0) is 19.5 Å². The Labute approximate surface area is 158 Å². The molecule has 4 heterocycles. The van der Waals surface area contributed by atoms with Crippen LogP contribution < -0.4 is 15.0 Å². The first-order valence-corrected chi connectivity index (χ1v) is 9.36. The monoisotopic (exact) mass is 359 g/mol. The number of nitrogens with one attached hydrogen (secondary N) is 1. The van der Waals surface area contributed by atoms with Crippen molar-refractivity contribution in [1.29, 1.82) is 0 Å². The molecule has 1 aromatic carbocycles. The zero-order valence-corrected chi connectivity index (χ0v) is 15.1. The van der Waals surface area contributed by atoms with Gasteiger partial charge in [0.1, 0.15) is 23.9 Å². The number of para-hydroxylation sites is 1. The van der Waals surface area contributed by atoms with E-state index in [0.29, 0.717) is 12.4 Å². The van der Waals surface area contributed by atoms with E-state index in [2.05, 4.69) is 27.3 Å². The Bertz CT molecular complexity index is 960. The molecule has 0 amide bonds. The predicted molar refractivity (Wildman–Crippen MR) is 104 cm³/mol. The highest BCUT2D eigenvalue weighted by Crippen LogP contribution is 2.30. The molecule has 3 aromatic rings. The van der Waals surface area contributed by atoms with Crippen LogP contribution in [0.3, 0.4) is 0 Å². The van der Waals surface area contributed by atoms with Crippen molar-refractivity contribution >= 4 is 5.82 Å². The quantitative estimate of drug-likeness (QED) is 0.759. The maximum atomic E-state index is 5.95. The molecule has 0 radical (unpaired) electrons. The third-order valence-electron chi connectivity index (χ3n) is 5.06. The maximum absolute atomic E-state index is 5.95. The summed E-state index contributed by atoms with van der Waals surface area (Å²) >= 11 is 0. The molecule has 0 bridgehead atoms. The van der Waals surface area contributed by atoms with Crippen LogP contribution in [0.4, 0.5) is 5.82 Å². The lowest BCUT2D eigenvalue weighted by Gasteiger charge is -2.27. The minimum Gasteiger partial charge on any atom is -0.491 e. The lowest BCUT2D eigenvalue weighted by molar-refractivity contribution is 0.331. The van der Waals surface area contributed by atoms with Crippen LogP contribution in [0.5, 0.6) is 5.75 Å². The highest BCUT2D eigenvalue weighted by molar-refractivity contribution is 5.59. The lowest BCUT2D eigenvalue weighted by Crippen LogP contribution is -2.32. The highest BCUT2D eigenvalue weighted by atomic mass is 16.5. The number of nitrogens with zero attached hydrogens (tertiary/aromatic N) is 4. The van der Waals surface area contributed by atoms with Crippen LogP contribution in [0.1, 0.15) is 16.8 Å². The van der Waals surface area contributed by atoms with Crippen molar-refractivity contribution in [3.05, 3.63) is 65.5 Å². The van der Waals surface area contributed by atoms with E-state index < -0.39 is 0 Å². The Morgan fingerprint density at radius 1 is 1.04 bits per heavy atom. The van der Waals surface area contributed by atoms with Crippen LogP contribution in [-0.4, -0.2) is 34.6 Å². The zero-order chi connectivity index (χ0) is 18.1. The van der Waals surface area contributed by atoms with E-state index >= 15 is 0 Å². The summed E-state index contributed by atoms with van der Waals surface area (Å²) in [6, 6.07) is 14.1. The van der Waals surface area contributed by atoms with Crippen molar-refractivity contribution in [2.75, 3.05) is 24.6 Å². The van der Waals surface area contributed by atoms with E-state index in [9.17, 15) is 0 Å². The van der Waals surface area contributed by atoms with Gasteiger partial charge in [-0.1, -0.05) is 24.3 Å². The third kappa shape index (κ3) is 3.13. The first-order chi connectivity index (χ1) is 13.4. The summed E-state index contributed by atoms with van der Waals surface area (Å²) in [5, 5.41) is 3.42. The molecule has 2 aliphatic heterocycles. The van der Waals surface area contributed by atoms with Gasteiger partial charge < -0.3 is 15.0 Å². The number of hydrogen-bond donors (Lipinski definition) is 1. The molecule has 0 atom stereocenters. The lowest BCUT2D eigenvalue weighted by atomic mass is 10.1. The van der Waals surface area contributed by atoms with Gasteiger partial charge >= 0.3 is 0 Å². The van der Waals surface area contributed by atoms with Crippen molar-refractivity contribution in [2.24, 2.45) is 0 Å². The van der Waals surface area contributed by atoms with Gasteiger partial charge in [0, 0.05) is 30.4 Å². The van der Waals surface area contributed by atoms with Crippen molar-refractivity contribution in [3.63, 3.8) is 0 Å². The van der Waals surface area contributed by atoms with E-state index in [4.69, 9.17) is 14.7 Å². The number of anilines is 1. The Balaban J connectivity index is 1.60. The molecule has 6 nitrogen and oxygen atoms in total. The average Bonchev–Trinajstić information content (AvgIpc) is 2.96. The molecule has 2 aromatic heterocycles. The smallest absolute Gasteiger partial charge is 0.180 e. The fourth-order valence-corrected chi connectivity index (χ4v) is 3.72. The Morgan fingerprint density at radius 2 is 1.96 bits per heavy atom. The fourth-order valence-electron chi connectivity index (χ4n) is 3.72. The molecule has 136 valence electrons. The molecule has 1 N–H and O–H groups in total. The molecule has 0 spiro atoms. The Hall–Kier alpha value is -2.99. The topological polar surface area (TPSA) is 63.2 Å². The van der Waals surface area contributed by atoms with E-state index in [0.717, 1.165) is 55.6 Å². The second-order valence-corrected chi connectivity index (χ2v) is 6.82. The summed E-state index contributed by atoms with van der Waals surface area (Å²) in [6.45, 7) is 3.95. The van der Waals surface area contributed by atoms with Gasteiger partial charge in [0.2, 0.25) is 0 Å². The van der Waals surface area contributed by atoms with Crippen molar-refractivity contribution in [1.82, 2.24) is 20.3 Å². The van der Waals surface area contributed by atoms with Crippen LogP contribution in [0.15, 0.2) is 48.7 Å². The molecule has 2 aliphatic rings. The summed E-state index contributed by atoms with van der Waals surface area (Å²) in [7, 11) is 0. The van der Waals surface area contributed by atoms with E-state index in [-0.39, 0.29) is 0 Å². The number of ether oxygens (including phenoxy) is 1. The Morgan fingerprint density at radius 3 is 2.89 bits per heavy atom. The number of rotatable bonds is 2. The van der Waals surface area contributed by atoms with Gasteiger partial charge in [-0.3, -0.25) is 4.98 Å². The van der Waals surface area contributed by atoms with Gasteiger partial charge in [-0.15, -0.1) is 0 Å². The van der Waals surface area contributed by atoms with Gasteiger partial charge in [-0.2, -0.15) is 0 Å². The van der Waals surface area contributed by atoms with Gasteiger partial charge in [0.05, 0.1) is 12.2 Å². The summed E-state index contributed by atoms with van der Waals surface area (Å²) in [5.41, 5.74) is 4.31. The number of hydrogen-bond acceptors (Lipinski definition) is 6. The molecule has 0 saturated heterocycles. The van der Waals surface area contributed by atoms with E-state index in [1.807, 2.05) is 30.3 Å². The summed E-state index contributed by atoms with van der Waals surface area (Å²) in [4.78, 5) is 16.5. The first-order valence-electron chi connectivity index (χ1n) is 9.36. The van der Waals surface area contributed by atoms with Crippen molar-refractivity contribution in [2.45, 2.75) is 19.5 Å². The molecule has 0 aliphatic carbocycles. The summed E-state index contributed by atoms with van der Waals surface area (Å²) in [5.74, 6) is 2.67. The van der Waals surface area contributed by atoms with Gasteiger partial charge in [0.25, 0.3) is 0 Å². The van der Waals surface area contributed by atoms with Crippen LogP contribution in [0.25, 0.3) is 11.5 Å². The van der Waals surface area contributed by atoms with Crippen LogP contribution in [0, 0.1) is 0 Å². The normalized spacial score (nSPS) is 16.1. The van der Waals surface area contributed by atoms with Crippen molar-refractivity contribution in [3.8, 4) is 17.3 Å². The standard InChI is InChI=1S/C21H21N5O/c1-2-7-19-15(5-1)14-26(11-12-27-19)21-16-8-10-22-13-18(16)24-20(25-21)17-6-3-4-9-23-17/h1-7,9,22H,8,10-14H2. The minimum absolute atomic E-state index is 0.646. The molecule has 0 saturated carbocycles. The number of pyridine rings is 1. The number of benzene rings is 1. The van der Waals surface area contributed by atoms with E-state index in [1.165, 1.54) is 11.1 Å². The molecular formula is C21H21N5O. The number of aromatic nitrogens is 3. The highest BCUT2D eigenvalue weighted by Gasteiger charge is 2.24. The summed E-state index contributed by atoms with van der Waals surface area (Å²) in [6.07, 6.45) is 2.72. The number of fused-ring (bicyclic) bond motifs is 2. The second-order valence-electron chi connectivity index (χ2n) is 6.82. The fraction of sp³-hybridized carbons (Fsp3) is 0.286. The minimum atomic E-state index is 0.646. The van der Waals surface area contributed by atoms with Gasteiger partial charge in [-0.05, 0) is 31.2 Å². The van der Waals surface area contributed by atoms with Gasteiger partial charge in [-0.25, -0.2) is 9.97 Å². The molecule has 27 heavy (non-hydrogen) atoms. The molecule has 5 rings (SSSR count). The molecule has 0 fully saturated rings. The summed E-state index contributed by atoms with van der Waals surface area (Å²) < 4.78 is 5.95. The SMILES string of the molecule is c1ccc(-c2nc3c(c(N4CCOc5ccccc5C4)n2)CCNC3)nc1.